The van der Waals surface area contributed by atoms with E-state index in [9.17, 15) is 4.79 Å². The maximum absolute atomic E-state index is 11.3. The molecule has 3 nitrogen and oxygen atoms in total. The third kappa shape index (κ3) is 14.2. The molecule has 0 fully saturated rings. The first-order valence-corrected chi connectivity index (χ1v) is 9.54. The van der Waals surface area contributed by atoms with Crippen molar-refractivity contribution in [2.45, 2.75) is 97.8 Å². The van der Waals surface area contributed by atoms with Crippen LogP contribution in [0.5, 0.6) is 0 Å². The van der Waals surface area contributed by atoms with E-state index in [2.05, 4.69) is 13.8 Å². The highest BCUT2D eigenvalue weighted by Gasteiger charge is 2.12. The number of carbonyl (C=O) groups excluding carboxylic acids is 1. The molecule has 0 aliphatic heterocycles. The minimum absolute atomic E-state index is 0.386. The minimum atomic E-state index is -0.510. The summed E-state index contributed by atoms with van der Waals surface area (Å²) in [6, 6.07) is 0. The first kappa shape index (κ1) is 21.3. The summed E-state index contributed by atoms with van der Waals surface area (Å²) >= 11 is 0. The fraction of sp³-hybridized carbons (Fsp3) is 0.947. The van der Waals surface area contributed by atoms with Gasteiger partial charge in [-0.15, -0.1) is 0 Å². The van der Waals surface area contributed by atoms with E-state index in [1.807, 2.05) is 0 Å². The second kappa shape index (κ2) is 16.6. The van der Waals surface area contributed by atoms with Gasteiger partial charge in [0, 0.05) is 0 Å². The highest BCUT2D eigenvalue weighted by molar-refractivity contribution is 5.59. The lowest BCUT2D eigenvalue weighted by Gasteiger charge is -2.16. The Balaban J connectivity index is 3.86. The van der Waals surface area contributed by atoms with Crippen molar-refractivity contribution < 1.29 is 14.3 Å². The predicted molar refractivity (Wildman–Crippen MR) is 93.2 cm³/mol. The van der Waals surface area contributed by atoms with E-state index in [-0.39, 0.29) is 0 Å². The lowest BCUT2D eigenvalue weighted by atomic mass is 9.95. The molecule has 0 saturated heterocycles. The van der Waals surface area contributed by atoms with Gasteiger partial charge in [0.1, 0.15) is 0 Å². The average molecular weight is 315 g/mol. The largest absolute Gasteiger partial charge is 0.508 e. The molecule has 132 valence electrons. The second-order valence-electron chi connectivity index (χ2n) is 6.27. The standard InChI is InChI=1S/C19H38O3/c1-4-7-9-11-12-14-16-18(15-13-10-8-5-2)17-22-19(20)21-6-3/h18H,4-17H2,1-3H3. The van der Waals surface area contributed by atoms with Crippen LogP contribution in [0.25, 0.3) is 0 Å². The Labute approximate surface area is 138 Å². The van der Waals surface area contributed by atoms with Gasteiger partial charge in [-0.25, -0.2) is 4.79 Å². The Morgan fingerprint density at radius 3 is 1.77 bits per heavy atom. The van der Waals surface area contributed by atoms with E-state index in [0.717, 1.165) is 0 Å². The lowest BCUT2D eigenvalue weighted by molar-refractivity contribution is 0.0449. The van der Waals surface area contributed by atoms with Crippen molar-refractivity contribution in [2.24, 2.45) is 5.92 Å². The first-order chi connectivity index (χ1) is 10.7. The van der Waals surface area contributed by atoms with Crippen LogP contribution in [-0.2, 0) is 9.47 Å². The molecule has 0 bridgehead atoms. The quantitative estimate of drug-likeness (QED) is 0.256. The normalized spacial score (nSPS) is 12.1. The molecule has 0 aromatic carbocycles. The molecule has 0 aliphatic carbocycles. The topological polar surface area (TPSA) is 35.5 Å². The molecule has 0 heterocycles. The summed E-state index contributed by atoms with van der Waals surface area (Å²) in [4.78, 5) is 11.3. The Kier molecular flexibility index (Phi) is 16.1. The number of carbonyl (C=O) groups is 1. The van der Waals surface area contributed by atoms with Gasteiger partial charge in [-0.3, -0.25) is 0 Å². The minimum Gasteiger partial charge on any atom is -0.435 e. The number of unbranched alkanes of at least 4 members (excludes halogenated alkanes) is 8. The van der Waals surface area contributed by atoms with Gasteiger partial charge in [-0.2, -0.15) is 0 Å². The van der Waals surface area contributed by atoms with Gasteiger partial charge in [0.2, 0.25) is 0 Å². The van der Waals surface area contributed by atoms with E-state index in [4.69, 9.17) is 9.47 Å². The van der Waals surface area contributed by atoms with Gasteiger partial charge in [0.25, 0.3) is 0 Å². The Hall–Kier alpha value is -0.730. The zero-order chi connectivity index (χ0) is 16.5. The Morgan fingerprint density at radius 1 is 0.727 bits per heavy atom. The maximum atomic E-state index is 11.3. The summed E-state index contributed by atoms with van der Waals surface area (Å²) in [5, 5.41) is 0. The average Bonchev–Trinajstić information content (AvgIpc) is 2.51. The van der Waals surface area contributed by atoms with Crippen LogP contribution in [0.1, 0.15) is 97.8 Å². The lowest BCUT2D eigenvalue weighted by Crippen LogP contribution is -2.15. The summed E-state index contributed by atoms with van der Waals surface area (Å²) in [5.74, 6) is 0.507. The maximum Gasteiger partial charge on any atom is 0.508 e. The fourth-order valence-electron chi connectivity index (χ4n) is 2.73. The number of rotatable bonds is 15. The molecular weight excluding hydrogens is 276 g/mol. The van der Waals surface area contributed by atoms with Crippen molar-refractivity contribution in [2.75, 3.05) is 13.2 Å². The molecule has 0 amide bonds. The number of ether oxygens (including phenoxy) is 2. The van der Waals surface area contributed by atoms with E-state index >= 15 is 0 Å². The van der Waals surface area contributed by atoms with Crippen LogP contribution >= 0.6 is 0 Å². The third-order valence-corrected chi connectivity index (χ3v) is 4.13. The molecule has 0 radical (unpaired) electrons. The third-order valence-electron chi connectivity index (χ3n) is 4.13. The van der Waals surface area contributed by atoms with Crippen molar-refractivity contribution in [1.82, 2.24) is 0 Å². The van der Waals surface area contributed by atoms with Gasteiger partial charge < -0.3 is 9.47 Å². The Morgan fingerprint density at radius 2 is 1.23 bits per heavy atom. The summed E-state index contributed by atoms with van der Waals surface area (Å²) < 4.78 is 10.1. The van der Waals surface area contributed by atoms with Crippen molar-refractivity contribution in [3.8, 4) is 0 Å². The van der Waals surface area contributed by atoms with Crippen molar-refractivity contribution >= 4 is 6.16 Å². The van der Waals surface area contributed by atoms with Crippen LogP contribution in [0.3, 0.4) is 0 Å². The highest BCUT2D eigenvalue weighted by atomic mass is 16.7. The molecule has 0 spiro atoms. The molecule has 0 aromatic rings. The van der Waals surface area contributed by atoms with Crippen molar-refractivity contribution in [3.63, 3.8) is 0 Å². The zero-order valence-electron chi connectivity index (χ0n) is 15.2. The van der Waals surface area contributed by atoms with Gasteiger partial charge in [-0.1, -0.05) is 78.1 Å². The molecular formula is C19H38O3. The van der Waals surface area contributed by atoms with Crippen molar-refractivity contribution in [3.05, 3.63) is 0 Å². The van der Waals surface area contributed by atoms with Crippen LogP contribution in [0.2, 0.25) is 0 Å². The van der Waals surface area contributed by atoms with Crippen LogP contribution in [-0.4, -0.2) is 19.4 Å². The molecule has 0 aliphatic rings. The molecule has 1 atom stereocenters. The van der Waals surface area contributed by atoms with Crippen LogP contribution < -0.4 is 0 Å². The smallest absolute Gasteiger partial charge is 0.435 e. The molecule has 0 aromatic heterocycles. The van der Waals surface area contributed by atoms with Gasteiger partial charge in [0.05, 0.1) is 13.2 Å². The zero-order valence-corrected chi connectivity index (χ0v) is 15.2. The van der Waals surface area contributed by atoms with E-state index in [1.165, 1.54) is 77.0 Å². The summed E-state index contributed by atoms with van der Waals surface area (Å²) in [6.07, 6.45) is 14.9. The van der Waals surface area contributed by atoms with Gasteiger partial charge >= 0.3 is 6.16 Å². The van der Waals surface area contributed by atoms with Crippen LogP contribution in [0.15, 0.2) is 0 Å². The van der Waals surface area contributed by atoms with Crippen LogP contribution in [0.4, 0.5) is 4.79 Å². The van der Waals surface area contributed by atoms with E-state index < -0.39 is 6.16 Å². The fourth-order valence-corrected chi connectivity index (χ4v) is 2.73. The molecule has 22 heavy (non-hydrogen) atoms. The highest BCUT2D eigenvalue weighted by Crippen LogP contribution is 2.19. The number of hydrogen-bond donors (Lipinski definition) is 0. The van der Waals surface area contributed by atoms with E-state index in [0.29, 0.717) is 19.1 Å². The van der Waals surface area contributed by atoms with Gasteiger partial charge in [-0.05, 0) is 25.7 Å². The monoisotopic (exact) mass is 314 g/mol. The Bertz CT molecular complexity index is 241. The second-order valence-corrected chi connectivity index (χ2v) is 6.27. The molecule has 3 heteroatoms. The first-order valence-electron chi connectivity index (χ1n) is 9.54. The molecule has 0 saturated carbocycles. The summed E-state index contributed by atoms with van der Waals surface area (Å²) in [5.41, 5.74) is 0. The summed E-state index contributed by atoms with van der Waals surface area (Å²) in [7, 11) is 0. The van der Waals surface area contributed by atoms with Gasteiger partial charge in [0.15, 0.2) is 0 Å². The molecule has 0 rings (SSSR count). The SMILES string of the molecule is CCCCCCCCC(CCCCCC)COC(=O)OCC. The number of hydrogen-bond acceptors (Lipinski definition) is 3. The van der Waals surface area contributed by atoms with Crippen molar-refractivity contribution in [1.29, 1.82) is 0 Å². The predicted octanol–water partition coefficient (Wildman–Crippen LogP) is 6.50. The molecule has 0 N–H and O–H groups in total. The molecule has 1 unspecified atom stereocenters. The van der Waals surface area contributed by atoms with Crippen LogP contribution in [0, 0.1) is 5.92 Å². The summed E-state index contributed by atoms with van der Waals surface area (Å²) in [6.45, 7) is 7.20. The van der Waals surface area contributed by atoms with E-state index in [1.54, 1.807) is 6.92 Å².